The predicted molar refractivity (Wildman–Crippen MR) is 122 cm³/mol. The van der Waals surface area contributed by atoms with E-state index in [-0.39, 0.29) is 24.3 Å². The van der Waals surface area contributed by atoms with Gasteiger partial charge in [0.15, 0.2) is 5.96 Å². The summed E-state index contributed by atoms with van der Waals surface area (Å²) in [7, 11) is 0. The van der Waals surface area contributed by atoms with Gasteiger partial charge in [0.1, 0.15) is 0 Å². The minimum absolute atomic E-state index is 0.232. The highest BCUT2D eigenvalue weighted by atomic mass is 16.6. The van der Waals surface area contributed by atoms with E-state index >= 15 is 0 Å². The van der Waals surface area contributed by atoms with Crippen molar-refractivity contribution in [2.45, 2.75) is 65.0 Å². The zero-order valence-electron chi connectivity index (χ0n) is 19.0. The third-order valence-corrected chi connectivity index (χ3v) is 5.73. The topological polar surface area (TPSA) is 92.4 Å². The van der Waals surface area contributed by atoms with E-state index in [1.165, 1.54) is 5.56 Å². The first-order valence-corrected chi connectivity index (χ1v) is 11.4. The van der Waals surface area contributed by atoms with E-state index in [2.05, 4.69) is 53.3 Å². The smallest absolute Gasteiger partial charge is 0.409 e. The first kappa shape index (κ1) is 23.3. The summed E-state index contributed by atoms with van der Waals surface area (Å²) in [5.74, 6) is 0.454. The van der Waals surface area contributed by atoms with E-state index in [0.717, 1.165) is 38.0 Å². The molecule has 0 spiro atoms. The Morgan fingerprint density at radius 2 is 1.77 bits per heavy atom. The Morgan fingerprint density at radius 3 is 2.39 bits per heavy atom. The van der Waals surface area contributed by atoms with Gasteiger partial charge in [0.2, 0.25) is 0 Å². The zero-order chi connectivity index (χ0) is 22.2. The standard InChI is InChI=1S/C23H37N5O3/c1-4-30-23(29)28-11-9-21(10-12-28)26-22(24)25-13-19-5-7-20(8-6-19)16-27-14-17(2)31-18(3)15-27/h5-8,17-18,21H,4,9-16H2,1-3H3,(H3,24,25,26). The second kappa shape index (κ2) is 11.3. The molecule has 3 N–H and O–H groups in total. The van der Waals surface area contributed by atoms with Gasteiger partial charge in [-0.3, -0.25) is 4.90 Å². The molecule has 2 saturated heterocycles. The van der Waals surface area contributed by atoms with Crippen molar-refractivity contribution in [2.24, 2.45) is 10.7 Å². The van der Waals surface area contributed by atoms with Crippen molar-refractivity contribution in [3.63, 3.8) is 0 Å². The van der Waals surface area contributed by atoms with Crippen molar-refractivity contribution < 1.29 is 14.3 Å². The Balaban J connectivity index is 1.41. The molecule has 0 radical (unpaired) electrons. The van der Waals surface area contributed by atoms with Gasteiger partial charge in [-0.1, -0.05) is 24.3 Å². The molecule has 2 fully saturated rings. The minimum Gasteiger partial charge on any atom is -0.450 e. The molecule has 0 aromatic heterocycles. The van der Waals surface area contributed by atoms with Crippen LogP contribution < -0.4 is 11.1 Å². The lowest BCUT2D eigenvalue weighted by molar-refractivity contribution is -0.0704. The Bertz CT molecular complexity index is 721. The monoisotopic (exact) mass is 431 g/mol. The van der Waals surface area contributed by atoms with E-state index in [1.54, 1.807) is 4.90 Å². The number of ether oxygens (including phenoxy) is 2. The quantitative estimate of drug-likeness (QED) is 0.531. The van der Waals surface area contributed by atoms with E-state index in [4.69, 9.17) is 15.2 Å². The molecule has 31 heavy (non-hydrogen) atoms. The van der Waals surface area contributed by atoms with Crippen molar-refractivity contribution in [3.05, 3.63) is 35.4 Å². The van der Waals surface area contributed by atoms with Crippen molar-refractivity contribution in [3.8, 4) is 0 Å². The minimum atomic E-state index is -0.233. The van der Waals surface area contributed by atoms with Gasteiger partial charge in [0.25, 0.3) is 0 Å². The van der Waals surface area contributed by atoms with Crippen LogP contribution in [0.5, 0.6) is 0 Å². The summed E-state index contributed by atoms with van der Waals surface area (Å²) in [5, 5.41) is 3.28. The summed E-state index contributed by atoms with van der Waals surface area (Å²) in [6.45, 7) is 11.3. The lowest BCUT2D eigenvalue weighted by Crippen LogP contribution is -2.48. The third-order valence-electron chi connectivity index (χ3n) is 5.73. The van der Waals surface area contributed by atoms with Crippen LogP contribution in [0.3, 0.4) is 0 Å². The summed E-state index contributed by atoms with van der Waals surface area (Å²) in [6.07, 6.45) is 2.00. The zero-order valence-corrected chi connectivity index (χ0v) is 19.0. The number of amides is 1. The van der Waals surface area contributed by atoms with Crippen molar-refractivity contribution in [2.75, 3.05) is 32.8 Å². The van der Waals surface area contributed by atoms with Crippen LogP contribution in [-0.2, 0) is 22.6 Å². The molecule has 0 bridgehead atoms. The summed E-state index contributed by atoms with van der Waals surface area (Å²) in [5.41, 5.74) is 8.52. The molecule has 8 heteroatoms. The molecule has 1 aromatic carbocycles. The molecular formula is C23H37N5O3. The number of hydrogen-bond donors (Lipinski definition) is 2. The van der Waals surface area contributed by atoms with Gasteiger partial charge < -0.3 is 25.4 Å². The van der Waals surface area contributed by atoms with Crippen LogP contribution in [0.15, 0.2) is 29.3 Å². The average molecular weight is 432 g/mol. The normalized spacial score (nSPS) is 23.6. The van der Waals surface area contributed by atoms with Gasteiger partial charge in [-0.2, -0.15) is 0 Å². The fraction of sp³-hybridized carbons (Fsp3) is 0.652. The van der Waals surface area contributed by atoms with Gasteiger partial charge in [-0.15, -0.1) is 0 Å². The highest BCUT2D eigenvalue weighted by Gasteiger charge is 2.24. The molecule has 2 unspecified atom stereocenters. The van der Waals surface area contributed by atoms with Crippen LogP contribution >= 0.6 is 0 Å². The summed E-state index contributed by atoms with van der Waals surface area (Å²) < 4.78 is 10.9. The fourth-order valence-electron chi connectivity index (χ4n) is 4.27. The molecule has 0 saturated carbocycles. The molecule has 2 aliphatic rings. The maximum Gasteiger partial charge on any atom is 0.409 e. The van der Waals surface area contributed by atoms with Crippen molar-refractivity contribution in [1.29, 1.82) is 0 Å². The lowest BCUT2D eigenvalue weighted by atomic mass is 10.1. The van der Waals surface area contributed by atoms with E-state index in [9.17, 15) is 4.79 Å². The molecule has 2 aliphatic heterocycles. The van der Waals surface area contributed by atoms with Crippen LogP contribution in [0.25, 0.3) is 0 Å². The van der Waals surface area contributed by atoms with Gasteiger partial charge in [-0.25, -0.2) is 9.79 Å². The number of benzene rings is 1. The number of carbonyl (C=O) groups excluding carboxylic acids is 1. The Kier molecular flexibility index (Phi) is 8.54. The number of piperidine rings is 1. The van der Waals surface area contributed by atoms with E-state index in [0.29, 0.717) is 32.2 Å². The number of nitrogens with zero attached hydrogens (tertiary/aromatic N) is 3. The second-order valence-corrected chi connectivity index (χ2v) is 8.57. The highest BCUT2D eigenvalue weighted by molar-refractivity contribution is 5.78. The molecule has 3 rings (SSSR count). The summed E-state index contributed by atoms with van der Waals surface area (Å²) >= 11 is 0. The third kappa shape index (κ3) is 7.40. The molecule has 1 amide bonds. The number of morpholine rings is 1. The van der Waals surface area contributed by atoms with Gasteiger partial charge in [-0.05, 0) is 44.7 Å². The largest absolute Gasteiger partial charge is 0.450 e. The predicted octanol–water partition coefficient (Wildman–Crippen LogP) is 2.32. The lowest BCUT2D eigenvalue weighted by Gasteiger charge is -2.35. The SMILES string of the molecule is CCOC(=O)N1CCC(NC(N)=NCc2ccc(CN3CC(C)OC(C)C3)cc2)CC1. The number of guanidine groups is 1. The Hall–Kier alpha value is -2.32. The Labute approximate surface area is 185 Å². The van der Waals surface area contributed by atoms with Crippen LogP contribution in [0.2, 0.25) is 0 Å². The molecule has 8 nitrogen and oxygen atoms in total. The van der Waals surface area contributed by atoms with Crippen LogP contribution in [0, 0.1) is 0 Å². The number of nitrogens with one attached hydrogen (secondary N) is 1. The van der Waals surface area contributed by atoms with Gasteiger partial charge >= 0.3 is 6.09 Å². The first-order chi connectivity index (χ1) is 14.9. The van der Waals surface area contributed by atoms with Crippen LogP contribution in [-0.4, -0.2) is 72.9 Å². The Morgan fingerprint density at radius 1 is 1.16 bits per heavy atom. The second-order valence-electron chi connectivity index (χ2n) is 8.57. The van der Waals surface area contributed by atoms with Crippen molar-refractivity contribution >= 4 is 12.1 Å². The highest BCUT2D eigenvalue weighted by Crippen LogP contribution is 2.15. The van der Waals surface area contributed by atoms with Gasteiger partial charge in [0.05, 0.1) is 25.4 Å². The number of nitrogens with two attached hydrogens (primary N) is 1. The number of rotatable bonds is 6. The maximum atomic E-state index is 11.8. The van der Waals surface area contributed by atoms with Crippen LogP contribution in [0.1, 0.15) is 44.7 Å². The molecule has 2 heterocycles. The number of carbonyl (C=O) groups is 1. The molecule has 0 aliphatic carbocycles. The number of aliphatic imine (C=N–C) groups is 1. The van der Waals surface area contributed by atoms with E-state index < -0.39 is 0 Å². The molecular weight excluding hydrogens is 394 g/mol. The molecule has 2 atom stereocenters. The summed E-state index contributed by atoms with van der Waals surface area (Å²) in [6, 6.07) is 8.82. The summed E-state index contributed by atoms with van der Waals surface area (Å²) in [4.78, 5) is 20.5. The average Bonchev–Trinajstić information content (AvgIpc) is 2.73. The maximum absolute atomic E-state index is 11.8. The molecule has 1 aromatic rings. The number of likely N-dealkylation sites (tertiary alicyclic amines) is 1. The van der Waals surface area contributed by atoms with Crippen LogP contribution in [0.4, 0.5) is 4.79 Å². The number of hydrogen-bond acceptors (Lipinski definition) is 5. The first-order valence-electron chi connectivity index (χ1n) is 11.4. The van der Waals surface area contributed by atoms with Crippen molar-refractivity contribution in [1.82, 2.24) is 15.1 Å². The van der Waals surface area contributed by atoms with Gasteiger partial charge in [0, 0.05) is 38.8 Å². The van der Waals surface area contributed by atoms with E-state index in [1.807, 2.05) is 6.92 Å². The fourth-order valence-corrected chi connectivity index (χ4v) is 4.27. The molecule has 172 valence electrons.